The number of hydrogen-bond acceptors (Lipinski definition) is 4. The Kier molecular flexibility index (Phi) is 8.06. The lowest BCUT2D eigenvalue weighted by atomic mass is 10.1. The first-order valence-electron chi connectivity index (χ1n) is 10.1. The quantitative estimate of drug-likeness (QED) is 0.508. The summed E-state index contributed by atoms with van der Waals surface area (Å²) in [5.41, 5.74) is 4.02. The Morgan fingerprint density at radius 1 is 1.00 bits per heavy atom. The third-order valence-corrected chi connectivity index (χ3v) is 4.71. The van der Waals surface area contributed by atoms with Gasteiger partial charge >= 0.3 is 6.03 Å². The lowest BCUT2D eigenvalue weighted by molar-refractivity contribution is 0.0930. The molecule has 0 aliphatic carbocycles. The standard InChI is InChI=1S/C24H29N3O3/c1-3-27(2)16-20-8-4-7-19(13-20)15-25-24(28)26-22-10-5-9-21(14-22)17-29-18-23-11-6-12-30-23/h4-14H,3,15-18H2,1-2H3,(H2,25,26,28). The van der Waals surface area contributed by atoms with Gasteiger partial charge in [-0.1, -0.05) is 43.3 Å². The Labute approximate surface area is 177 Å². The molecule has 6 nitrogen and oxygen atoms in total. The molecule has 30 heavy (non-hydrogen) atoms. The maximum Gasteiger partial charge on any atom is 0.319 e. The second-order valence-corrected chi connectivity index (χ2v) is 7.23. The largest absolute Gasteiger partial charge is 0.467 e. The molecular weight excluding hydrogens is 378 g/mol. The molecule has 0 aliphatic heterocycles. The third kappa shape index (κ3) is 7.06. The highest BCUT2D eigenvalue weighted by molar-refractivity contribution is 5.89. The van der Waals surface area contributed by atoms with Crippen LogP contribution in [0.25, 0.3) is 0 Å². The zero-order valence-electron chi connectivity index (χ0n) is 17.6. The number of ether oxygens (including phenoxy) is 1. The third-order valence-electron chi connectivity index (χ3n) is 4.71. The summed E-state index contributed by atoms with van der Waals surface area (Å²) >= 11 is 0. The number of anilines is 1. The van der Waals surface area contributed by atoms with E-state index in [1.54, 1.807) is 6.26 Å². The fourth-order valence-electron chi connectivity index (χ4n) is 3.02. The molecule has 0 spiro atoms. The number of carbonyl (C=O) groups excluding carboxylic acids is 1. The van der Waals surface area contributed by atoms with Gasteiger partial charge in [-0.2, -0.15) is 0 Å². The monoisotopic (exact) mass is 407 g/mol. The Morgan fingerprint density at radius 2 is 1.80 bits per heavy atom. The Morgan fingerprint density at radius 3 is 2.60 bits per heavy atom. The lowest BCUT2D eigenvalue weighted by Gasteiger charge is -2.14. The van der Waals surface area contributed by atoms with Gasteiger partial charge < -0.3 is 24.7 Å². The first-order valence-corrected chi connectivity index (χ1v) is 10.1. The minimum absolute atomic E-state index is 0.236. The van der Waals surface area contributed by atoms with E-state index in [1.165, 1.54) is 5.56 Å². The van der Waals surface area contributed by atoms with Crippen molar-refractivity contribution in [1.29, 1.82) is 0 Å². The second kappa shape index (κ2) is 11.2. The van der Waals surface area contributed by atoms with Crippen LogP contribution in [0, 0.1) is 0 Å². The van der Waals surface area contributed by atoms with E-state index in [1.807, 2.05) is 48.5 Å². The van der Waals surface area contributed by atoms with Crippen LogP contribution in [0.3, 0.4) is 0 Å². The summed E-state index contributed by atoms with van der Waals surface area (Å²) in [6, 6.07) is 19.4. The predicted octanol–water partition coefficient (Wildman–Crippen LogP) is 4.77. The number of furan rings is 1. The van der Waals surface area contributed by atoms with Crippen molar-refractivity contribution < 1.29 is 13.9 Å². The Hall–Kier alpha value is -3.09. The topological polar surface area (TPSA) is 66.7 Å². The van der Waals surface area contributed by atoms with Gasteiger partial charge in [-0.3, -0.25) is 0 Å². The summed E-state index contributed by atoms with van der Waals surface area (Å²) in [4.78, 5) is 14.5. The number of hydrogen-bond donors (Lipinski definition) is 2. The van der Waals surface area contributed by atoms with E-state index >= 15 is 0 Å². The van der Waals surface area contributed by atoms with Crippen LogP contribution < -0.4 is 10.6 Å². The number of nitrogens with zero attached hydrogens (tertiary/aromatic N) is 1. The number of rotatable bonds is 10. The molecule has 0 atom stereocenters. The van der Waals surface area contributed by atoms with Gasteiger partial charge in [0.05, 0.1) is 12.9 Å². The average Bonchev–Trinajstić information content (AvgIpc) is 3.26. The van der Waals surface area contributed by atoms with Crippen molar-refractivity contribution in [2.75, 3.05) is 18.9 Å². The van der Waals surface area contributed by atoms with E-state index in [2.05, 4.69) is 41.6 Å². The molecule has 0 fully saturated rings. The normalized spacial score (nSPS) is 10.9. The highest BCUT2D eigenvalue weighted by Gasteiger charge is 2.05. The molecule has 0 saturated carbocycles. The van der Waals surface area contributed by atoms with Crippen molar-refractivity contribution in [2.24, 2.45) is 0 Å². The number of benzene rings is 2. The first-order chi connectivity index (χ1) is 14.6. The van der Waals surface area contributed by atoms with Crippen LogP contribution >= 0.6 is 0 Å². The maximum atomic E-state index is 12.3. The van der Waals surface area contributed by atoms with Crippen molar-refractivity contribution in [1.82, 2.24) is 10.2 Å². The van der Waals surface area contributed by atoms with E-state index in [4.69, 9.17) is 9.15 Å². The van der Waals surface area contributed by atoms with Crippen LogP contribution in [0.4, 0.5) is 10.5 Å². The number of nitrogens with one attached hydrogen (secondary N) is 2. The molecule has 3 rings (SSSR count). The SMILES string of the molecule is CCN(C)Cc1cccc(CNC(=O)Nc2cccc(COCc3ccco3)c2)c1. The number of amides is 2. The van der Waals surface area contributed by atoms with Gasteiger partial charge in [0, 0.05) is 18.8 Å². The average molecular weight is 408 g/mol. The van der Waals surface area contributed by atoms with Crippen molar-refractivity contribution >= 4 is 11.7 Å². The van der Waals surface area contributed by atoms with Gasteiger partial charge in [0.25, 0.3) is 0 Å². The minimum atomic E-state index is -0.236. The summed E-state index contributed by atoms with van der Waals surface area (Å²) in [5, 5.41) is 5.80. The van der Waals surface area contributed by atoms with E-state index in [9.17, 15) is 4.79 Å². The van der Waals surface area contributed by atoms with Crippen molar-refractivity contribution in [3.8, 4) is 0 Å². The summed E-state index contributed by atoms with van der Waals surface area (Å²) in [6.07, 6.45) is 1.63. The summed E-state index contributed by atoms with van der Waals surface area (Å²) in [5.74, 6) is 0.786. The van der Waals surface area contributed by atoms with Crippen LogP contribution in [-0.2, 0) is 31.0 Å². The van der Waals surface area contributed by atoms with E-state index in [0.29, 0.717) is 19.8 Å². The fourth-order valence-corrected chi connectivity index (χ4v) is 3.02. The molecule has 2 N–H and O–H groups in total. The molecule has 1 heterocycles. The van der Waals surface area contributed by atoms with E-state index in [-0.39, 0.29) is 6.03 Å². The van der Waals surface area contributed by atoms with Crippen LogP contribution in [-0.4, -0.2) is 24.5 Å². The smallest absolute Gasteiger partial charge is 0.319 e. The van der Waals surface area contributed by atoms with Gasteiger partial charge in [-0.25, -0.2) is 4.79 Å². The maximum absolute atomic E-state index is 12.3. The molecule has 0 aliphatic rings. The van der Waals surface area contributed by atoms with Crippen LogP contribution in [0.1, 0.15) is 29.4 Å². The van der Waals surface area contributed by atoms with Crippen molar-refractivity contribution in [3.63, 3.8) is 0 Å². The summed E-state index contributed by atoms with van der Waals surface area (Å²) in [7, 11) is 2.09. The Bertz CT molecular complexity index is 925. The van der Waals surface area contributed by atoms with Gasteiger partial charge in [0.2, 0.25) is 0 Å². The molecule has 2 aromatic carbocycles. The fraction of sp³-hybridized carbons (Fsp3) is 0.292. The lowest BCUT2D eigenvalue weighted by Crippen LogP contribution is -2.28. The van der Waals surface area contributed by atoms with Gasteiger partial charge in [-0.05, 0) is 54.5 Å². The van der Waals surface area contributed by atoms with Crippen LogP contribution in [0.15, 0.2) is 71.3 Å². The highest BCUT2D eigenvalue weighted by atomic mass is 16.5. The van der Waals surface area contributed by atoms with E-state index in [0.717, 1.165) is 35.7 Å². The van der Waals surface area contributed by atoms with Crippen LogP contribution in [0.5, 0.6) is 0 Å². The van der Waals surface area contributed by atoms with Gasteiger partial charge in [0.1, 0.15) is 12.4 Å². The molecule has 0 unspecified atom stereocenters. The zero-order valence-corrected chi connectivity index (χ0v) is 17.6. The Balaban J connectivity index is 1.46. The van der Waals surface area contributed by atoms with Crippen LogP contribution in [0.2, 0.25) is 0 Å². The number of urea groups is 1. The molecule has 1 aromatic heterocycles. The minimum Gasteiger partial charge on any atom is -0.467 e. The molecule has 2 amide bonds. The summed E-state index contributed by atoms with van der Waals surface area (Å²) < 4.78 is 10.9. The van der Waals surface area contributed by atoms with Gasteiger partial charge in [0.15, 0.2) is 0 Å². The molecule has 0 bridgehead atoms. The molecule has 0 saturated heterocycles. The second-order valence-electron chi connectivity index (χ2n) is 7.23. The van der Waals surface area contributed by atoms with Crippen molar-refractivity contribution in [2.45, 2.75) is 33.2 Å². The molecular formula is C24H29N3O3. The molecule has 158 valence electrons. The summed E-state index contributed by atoms with van der Waals surface area (Å²) in [6.45, 7) is 5.36. The zero-order chi connectivity index (χ0) is 21.2. The van der Waals surface area contributed by atoms with Crippen molar-refractivity contribution in [3.05, 3.63) is 89.4 Å². The molecule has 3 aromatic rings. The predicted molar refractivity (Wildman–Crippen MR) is 118 cm³/mol. The number of carbonyl (C=O) groups is 1. The van der Waals surface area contributed by atoms with E-state index < -0.39 is 0 Å². The first kappa shape index (κ1) is 21.6. The molecule has 0 radical (unpaired) electrons. The van der Waals surface area contributed by atoms with Gasteiger partial charge in [-0.15, -0.1) is 0 Å². The highest BCUT2D eigenvalue weighted by Crippen LogP contribution is 2.13. The molecule has 6 heteroatoms.